The molecule has 2 rings (SSSR count). The zero-order valence-corrected chi connectivity index (χ0v) is 13.9. The SMILES string of the molecule is Cc1nc(C2CCCO2)nc(C)c1CCCNCC(C)C. The number of hydrogen-bond acceptors (Lipinski definition) is 4. The molecular formula is C17H29N3O. The molecule has 2 heterocycles. The van der Waals surface area contributed by atoms with Crippen molar-refractivity contribution in [3.8, 4) is 0 Å². The minimum atomic E-state index is 0.115. The van der Waals surface area contributed by atoms with Crippen LogP contribution in [-0.4, -0.2) is 29.7 Å². The molecule has 1 saturated heterocycles. The van der Waals surface area contributed by atoms with E-state index >= 15 is 0 Å². The summed E-state index contributed by atoms with van der Waals surface area (Å²) in [6, 6.07) is 0. The molecule has 0 saturated carbocycles. The van der Waals surface area contributed by atoms with E-state index in [4.69, 9.17) is 4.74 Å². The first-order valence-corrected chi connectivity index (χ1v) is 8.24. The molecule has 0 bridgehead atoms. The third kappa shape index (κ3) is 4.75. The predicted octanol–water partition coefficient (Wildman–Crippen LogP) is 3.12. The van der Waals surface area contributed by atoms with Crippen LogP contribution in [0.3, 0.4) is 0 Å². The van der Waals surface area contributed by atoms with E-state index in [-0.39, 0.29) is 6.10 Å². The highest BCUT2D eigenvalue weighted by molar-refractivity contribution is 5.25. The van der Waals surface area contributed by atoms with Gasteiger partial charge in [-0.05, 0) is 64.1 Å². The van der Waals surface area contributed by atoms with Crippen LogP contribution in [0.4, 0.5) is 0 Å². The average Bonchev–Trinajstić information content (AvgIpc) is 2.94. The third-order valence-electron chi connectivity index (χ3n) is 3.99. The first-order valence-electron chi connectivity index (χ1n) is 8.24. The predicted molar refractivity (Wildman–Crippen MR) is 85.5 cm³/mol. The van der Waals surface area contributed by atoms with Crippen LogP contribution >= 0.6 is 0 Å². The van der Waals surface area contributed by atoms with Crippen molar-refractivity contribution in [2.75, 3.05) is 19.7 Å². The second-order valence-electron chi connectivity index (χ2n) is 6.43. The van der Waals surface area contributed by atoms with Gasteiger partial charge in [0.15, 0.2) is 5.82 Å². The van der Waals surface area contributed by atoms with Crippen molar-refractivity contribution in [1.29, 1.82) is 0 Å². The molecule has 21 heavy (non-hydrogen) atoms. The number of aromatic nitrogens is 2. The minimum absolute atomic E-state index is 0.115. The van der Waals surface area contributed by atoms with E-state index in [2.05, 4.69) is 43.0 Å². The number of hydrogen-bond donors (Lipinski definition) is 1. The van der Waals surface area contributed by atoms with Gasteiger partial charge in [0, 0.05) is 18.0 Å². The monoisotopic (exact) mass is 291 g/mol. The molecule has 0 aliphatic carbocycles. The molecule has 0 aromatic carbocycles. The van der Waals surface area contributed by atoms with Crippen molar-refractivity contribution in [3.63, 3.8) is 0 Å². The fourth-order valence-electron chi connectivity index (χ4n) is 2.83. The van der Waals surface area contributed by atoms with Gasteiger partial charge >= 0.3 is 0 Å². The summed E-state index contributed by atoms with van der Waals surface area (Å²) in [6.07, 6.45) is 4.47. The van der Waals surface area contributed by atoms with Gasteiger partial charge < -0.3 is 10.1 Å². The lowest BCUT2D eigenvalue weighted by molar-refractivity contribution is 0.104. The molecule has 1 aliphatic rings. The van der Waals surface area contributed by atoms with Crippen molar-refractivity contribution >= 4 is 0 Å². The maximum Gasteiger partial charge on any atom is 0.157 e. The van der Waals surface area contributed by atoms with E-state index in [1.54, 1.807) is 0 Å². The fraction of sp³-hybridized carbons (Fsp3) is 0.765. The number of nitrogens with one attached hydrogen (secondary N) is 1. The van der Waals surface area contributed by atoms with Gasteiger partial charge in [-0.15, -0.1) is 0 Å². The molecule has 1 aliphatic heterocycles. The van der Waals surface area contributed by atoms with E-state index in [0.717, 1.165) is 62.6 Å². The van der Waals surface area contributed by atoms with Gasteiger partial charge in [0.25, 0.3) is 0 Å². The Kier molecular flexibility index (Phi) is 6.12. The smallest absolute Gasteiger partial charge is 0.157 e. The molecular weight excluding hydrogens is 262 g/mol. The van der Waals surface area contributed by atoms with Crippen molar-refractivity contribution in [2.24, 2.45) is 5.92 Å². The summed E-state index contributed by atoms with van der Waals surface area (Å²) >= 11 is 0. The van der Waals surface area contributed by atoms with Crippen LogP contribution in [0.2, 0.25) is 0 Å². The normalized spacial score (nSPS) is 18.6. The molecule has 1 aromatic heterocycles. The zero-order valence-electron chi connectivity index (χ0n) is 13.9. The van der Waals surface area contributed by atoms with Crippen LogP contribution in [0, 0.1) is 19.8 Å². The van der Waals surface area contributed by atoms with Crippen LogP contribution < -0.4 is 5.32 Å². The molecule has 118 valence electrons. The Bertz CT molecular complexity index is 430. The van der Waals surface area contributed by atoms with Crippen LogP contribution in [0.15, 0.2) is 0 Å². The highest BCUT2D eigenvalue weighted by Gasteiger charge is 2.21. The largest absolute Gasteiger partial charge is 0.370 e. The maximum atomic E-state index is 5.69. The van der Waals surface area contributed by atoms with Crippen molar-refractivity contribution in [1.82, 2.24) is 15.3 Å². The second-order valence-corrected chi connectivity index (χ2v) is 6.43. The van der Waals surface area contributed by atoms with Gasteiger partial charge in [-0.1, -0.05) is 13.8 Å². The number of ether oxygens (including phenoxy) is 1. The van der Waals surface area contributed by atoms with E-state index in [1.165, 1.54) is 5.56 Å². The highest BCUT2D eigenvalue weighted by atomic mass is 16.5. The van der Waals surface area contributed by atoms with E-state index in [9.17, 15) is 0 Å². The van der Waals surface area contributed by atoms with Crippen LogP contribution in [-0.2, 0) is 11.2 Å². The Hall–Kier alpha value is -1.00. The van der Waals surface area contributed by atoms with E-state index in [1.807, 2.05) is 0 Å². The number of nitrogens with zero attached hydrogens (tertiary/aromatic N) is 2. The average molecular weight is 291 g/mol. The van der Waals surface area contributed by atoms with E-state index < -0.39 is 0 Å². The fourth-order valence-corrected chi connectivity index (χ4v) is 2.83. The minimum Gasteiger partial charge on any atom is -0.370 e. The van der Waals surface area contributed by atoms with Crippen LogP contribution in [0.25, 0.3) is 0 Å². The second kappa shape index (κ2) is 7.85. The molecule has 0 radical (unpaired) electrons. The van der Waals surface area contributed by atoms with Gasteiger partial charge in [0.2, 0.25) is 0 Å². The maximum absolute atomic E-state index is 5.69. The van der Waals surface area contributed by atoms with Gasteiger partial charge in [-0.3, -0.25) is 0 Å². The highest BCUT2D eigenvalue weighted by Crippen LogP contribution is 2.27. The Morgan fingerprint density at radius 3 is 2.52 bits per heavy atom. The standard InChI is InChI=1S/C17H29N3O/c1-12(2)11-18-9-5-7-15-13(3)19-17(20-14(15)4)16-8-6-10-21-16/h12,16,18H,5-11H2,1-4H3. The van der Waals surface area contributed by atoms with Crippen molar-refractivity contribution in [2.45, 2.75) is 59.5 Å². The van der Waals surface area contributed by atoms with Gasteiger partial charge in [-0.2, -0.15) is 0 Å². The van der Waals surface area contributed by atoms with Gasteiger partial charge in [0.1, 0.15) is 6.10 Å². The summed E-state index contributed by atoms with van der Waals surface area (Å²) in [6.45, 7) is 11.7. The Morgan fingerprint density at radius 2 is 1.95 bits per heavy atom. The lowest BCUT2D eigenvalue weighted by Gasteiger charge is -2.14. The molecule has 4 heteroatoms. The van der Waals surface area contributed by atoms with Crippen molar-refractivity contribution in [3.05, 3.63) is 22.8 Å². The molecule has 1 N–H and O–H groups in total. The van der Waals surface area contributed by atoms with E-state index in [0.29, 0.717) is 5.92 Å². The molecule has 1 fully saturated rings. The molecule has 1 unspecified atom stereocenters. The van der Waals surface area contributed by atoms with Gasteiger partial charge in [0.05, 0.1) is 0 Å². The summed E-state index contributed by atoms with van der Waals surface area (Å²) in [7, 11) is 0. The first-order chi connectivity index (χ1) is 10.1. The lowest BCUT2D eigenvalue weighted by Crippen LogP contribution is -2.21. The zero-order chi connectivity index (χ0) is 15.2. The first kappa shape index (κ1) is 16.4. The molecule has 4 nitrogen and oxygen atoms in total. The Balaban J connectivity index is 1.90. The summed E-state index contributed by atoms with van der Waals surface area (Å²) in [4.78, 5) is 9.37. The van der Waals surface area contributed by atoms with Crippen LogP contribution in [0.5, 0.6) is 0 Å². The van der Waals surface area contributed by atoms with Crippen molar-refractivity contribution < 1.29 is 4.74 Å². The lowest BCUT2D eigenvalue weighted by atomic mass is 10.1. The number of rotatable bonds is 7. The summed E-state index contributed by atoms with van der Waals surface area (Å²) in [5.74, 6) is 1.59. The molecule has 1 atom stereocenters. The van der Waals surface area contributed by atoms with Gasteiger partial charge in [-0.25, -0.2) is 9.97 Å². The summed E-state index contributed by atoms with van der Waals surface area (Å²) in [5, 5.41) is 3.49. The molecule has 0 spiro atoms. The summed E-state index contributed by atoms with van der Waals surface area (Å²) in [5.41, 5.74) is 3.55. The molecule has 0 amide bonds. The Labute approximate surface area is 128 Å². The molecule has 1 aromatic rings. The number of aryl methyl sites for hydroxylation is 2. The quantitative estimate of drug-likeness (QED) is 0.784. The Morgan fingerprint density at radius 1 is 1.24 bits per heavy atom. The van der Waals surface area contributed by atoms with Crippen LogP contribution in [0.1, 0.15) is 62.0 Å². The third-order valence-corrected chi connectivity index (χ3v) is 3.99. The topological polar surface area (TPSA) is 47.0 Å². The summed E-state index contributed by atoms with van der Waals surface area (Å²) < 4.78 is 5.69.